The molecule has 0 amide bonds. The van der Waals surface area contributed by atoms with Crippen molar-refractivity contribution in [1.29, 1.82) is 0 Å². The summed E-state index contributed by atoms with van der Waals surface area (Å²) >= 11 is 0. The van der Waals surface area contributed by atoms with E-state index in [-0.39, 0.29) is 0 Å². The standard InChI is InChI=1S/C15H23NO2/c1-16-12-6-4-11(5-7-12)14-9-8-13(17-2)10-15(14)18-3/h8-12,16H,4-7H2,1-3H3. The predicted octanol–water partition coefficient (Wildman–Crippen LogP) is 2.95. The molecule has 1 saturated carbocycles. The predicted molar refractivity (Wildman–Crippen MR) is 73.6 cm³/mol. The van der Waals surface area contributed by atoms with Crippen LogP contribution in [-0.4, -0.2) is 27.3 Å². The van der Waals surface area contributed by atoms with Gasteiger partial charge >= 0.3 is 0 Å². The molecule has 0 saturated heterocycles. The Morgan fingerprint density at radius 3 is 2.33 bits per heavy atom. The summed E-state index contributed by atoms with van der Waals surface area (Å²) in [5.41, 5.74) is 1.33. The summed E-state index contributed by atoms with van der Waals surface area (Å²) in [7, 11) is 5.48. The first-order valence-corrected chi connectivity index (χ1v) is 6.67. The van der Waals surface area contributed by atoms with Crippen molar-refractivity contribution in [3.63, 3.8) is 0 Å². The van der Waals surface area contributed by atoms with Gasteiger partial charge in [-0.15, -0.1) is 0 Å². The first kappa shape index (κ1) is 13.2. The average Bonchev–Trinajstić information content (AvgIpc) is 2.46. The van der Waals surface area contributed by atoms with E-state index in [1.807, 2.05) is 12.1 Å². The first-order valence-electron chi connectivity index (χ1n) is 6.67. The fourth-order valence-corrected chi connectivity index (χ4v) is 2.85. The van der Waals surface area contributed by atoms with Crippen LogP contribution < -0.4 is 14.8 Å². The first-order chi connectivity index (χ1) is 8.78. The highest BCUT2D eigenvalue weighted by Crippen LogP contribution is 2.38. The molecule has 0 aliphatic heterocycles. The lowest BCUT2D eigenvalue weighted by Gasteiger charge is -2.29. The molecule has 0 atom stereocenters. The molecule has 1 N–H and O–H groups in total. The number of methoxy groups -OCH3 is 2. The van der Waals surface area contributed by atoms with Crippen molar-refractivity contribution < 1.29 is 9.47 Å². The Kier molecular flexibility index (Phi) is 4.48. The topological polar surface area (TPSA) is 30.5 Å². The van der Waals surface area contributed by atoms with Gasteiger partial charge < -0.3 is 14.8 Å². The van der Waals surface area contributed by atoms with Crippen molar-refractivity contribution in [2.45, 2.75) is 37.6 Å². The third-order valence-corrected chi connectivity index (χ3v) is 4.02. The number of benzene rings is 1. The molecule has 2 rings (SSSR count). The van der Waals surface area contributed by atoms with Crippen molar-refractivity contribution in [1.82, 2.24) is 5.32 Å². The third-order valence-electron chi connectivity index (χ3n) is 4.02. The second kappa shape index (κ2) is 6.10. The van der Waals surface area contributed by atoms with Crippen LogP contribution in [0.15, 0.2) is 18.2 Å². The van der Waals surface area contributed by atoms with Crippen LogP contribution in [0, 0.1) is 0 Å². The van der Waals surface area contributed by atoms with Gasteiger partial charge in [0, 0.05) is 12.1 Å². The minimum atomic E-state index is 0.621. The monoisotopic (exact) mass is 249 g/mol. The van der Waals surface area contributed by atoms with E-state index in [4.69, 9.17) is 9.47 Å². The Hall–Kier alpha value is -1.22. The minimum absolute atomic E-state index is 0.621. The van der Waals surface area contributed by atoms with Gasteiger partial charge in [-0.1, -0.05) is 6.07 Å². The van der Waals surface area contributed by atoms with Crippen LogP contribution >= 0.6 is 0 Å². The molecule has 0 heterocycles. The molecule has 1 aromatic rings. The molecular formula is C15H23NO2. The van der Waals surface area contributed by atoms with Gasteiger partial charge in [-0.3, -0.25) is 0 Å². The minimum Gasteiger partial charge on any atom is -0.497 e. The zero-order valence-electron chi connectivity index (χ0n) is 11.5. The molecule has 0 bridgehead atoms. The SMILES string of the molecule is CNC1CCC(c2ccc(OC)cc2OC)CC1. The molecule has 1 aliphatic rings. The molecule has 1 aromatic carbocycles. The van der Waals surface area contributed by atoms with Gasteiger partial charge in [0.15, 0.2) is 0 Å². The van der Waals surface area contributed by atoms with Crippen LogP contribution in [0.1, 0.15) is 37.2 Å². The lowest BCUT2D eigenvalue weighted by molar-refractivity contribution is 0.343. The summed E-state index contributed by atoms with van der Waals surface area (Å²) in [6.07, 6.45) is 4.95. The van der Waals surface area contributed by atoms with Gasteiger partial charge in [0.1, 0.15) is 11.5 Å². The van der Waals surface area contributed by atoms with Gasteiger partial charge in [0.2, 0.25) is 0 Å². The average molecular weight is 249 g/mol. The number of rotatable bonds is 4. The highest BCUT2D eigenvalue weighted by atomic mass is 16.5. The van der Waals surface area contributed by atoms with Crippen LogP contribution in [-0.2, 0) is 0 Å². The van der Waals surface area contributed by atoms with Crippen molar-refractivity contribution >= 4 is 0 Å². The van der Waals surface area contributed by atoms with Crippen LogP contribution in [0.25, 0.3) is 0 Å². The summed E-state index contributed by atoms with van der Waals surface area (Å²) in [5.74, 6) is 2.44. The Morgan fingerprint density at radius 2 is 1.78 bits per heavy atom. The van der Waals surface area contributed by atoms with E-state index in [0.717, 1.165) is 11.5 Å². The third kappa shape index (κ3) is 2.78. The maximum Gasteiger partial charge on any atom is 0.126 e. The molecule has 0 unspecified atom stereocenters. The largest absolute Gasteiger partial charge is 0.497 e. The Balaban J connectivity index is 2.13. The molecule has 0 radical (unpaired) electrons. The molecular weight excluding hydrogens is 226 g/mol. The van der Waals surface area contributed by atoms with Crippen molar-refractivity contribution in [3.05, 3.63) is 23.8 Å². The zero-order chi connectivity index (χ0) is 13.0. The zero-order valence-corrected chi connectivity index (χ0v) is 11.5. The summed E-state index contributed by atoms with van der Waals surface area (Å²) in [6, 6.07) is 6.86. The summed E-state index contributed by atoms with van der Waals surface area (Å²) in [6.45, 7) is 0. The number of nitrogens with one attached hydrogen (secondary N) is 1. The Morgan fingerprint density at radius 1 is 1.06 bits per heavy atom. The van der Waals surface area contributed by atoms with E-state index in [0.29, 0.717) is 12.0 Å². The van der Waals surface area contributed by atoms with Gasteiger partial charge in [-0.2, -0.15) is 0 Å². The second-order valence-electron chi connectivity index (χ2n) is 4.95. The van der Waals surface area contributed by atoms with Crippen LogP contribution in [0.3, 0.4) is 0 Å². The second-order valence-corrected chi connectivity index (χ2v) is 4.95. The fourth-order valence-electron chi connectivity index (χ4n) is 2.85. The highest BCUT2D eigenvalue weighted by Gasteiger charge is 2.23. The highest BCUT2D eigenvalue weighted by molar-refractivity contribution is 5.42. The summed E-state index contributed by atoms with van der Waals surface area (Å²) < 4.78 is 10.7. The van der Waals surface area contributed by atoms with Gasteiger partial charge in [0.25, 0.3) is 0 Å². The normalized spacial score (nSPS) is 23.7. The van der Waals surface area contributed by atoms with Crippen LogP contribution in [0.2, 0.25) is 0 Å². The maximum absolute atomic E-state index is 5.50. The lowest BCUT2D eigenvalue weighted by Crippen LogP contribution is -2.29. The van der Waals surface area contributed by atoms with E-state index < -0.39 is 0 Å². The Labute approximate surface area is 109 Å². The Bertz CT molecular complexity index is 384. The molecule has 18 heavy (non-hydrogen) atoms. The molecule has 1 fully saturated rings. The molecule has 1 aliphatic carbocycles. The smallest absolute Gasteiger partial charge is 0.126 e. The van der Waals surface area contributed by atoms with Crippen molar-refractivity contribution in [2.75, 3.05) is 21.3 Å². The molecule has 100 valence electrons. The van der Waals surface area contributed by atoms with E-state index in [1.54, 1.807) is 14.2 Å². The number of hydrogen-bond acceptors (Lipinski definition) is 3. The molecule has 0 spiro atoms. The van der Waals surface area contributed by atoms with E-state index in [2.05, 4.69) is 18.4 Å². The van der Waals surface area contributed by atoms with Gasteiger partial charge in [-0.25, -0.2) is 0 Å². The van der Waals surface area contributed by atoms with E-state index in [1.165, 1.54) is 31.2 Å². The summed E-state index contributed by atoms with van der Waals surface area (Å²) in [4.78, 5) is 0. The van der Waals surface area contributed by atoms with Gasteiger partial charge in [-0.05, 0) is 50.3 Å². The molecule has 0 aromatic heterocycles. The fraction of sp³-hybridized carbons (Fsp3) is 0.600. The number of hydrogen-bond donors (Lipinski definition) is 1. The van der Waals surface area contributed by atoms with E-state index in [9.17, 15) is 0 Å². The van der Waals surface area contributed by atoms with Crippen LogP contribution in [0.5, 0.6) is 11.5 Å². The molecule has 3 nitrogen and oxygen atoms in total. The quantitative estimate of drug-likeness (QED) is 0.890. The van der Waals surface area contributed by atoms with Crippen LogP contribution in [0.4, 0.5) is 0 Å². The van der Waals surface area contributed by atoms with Crippen molar-refractivity contribution in [2.24, 2.45) is 0 Å². The maximum atomic E-state index is 5.50. The summed E-state index contributed by atoms with van der Waals surface area (Å²) in [5, 5.41) is 3.37. The number of ether oxygens (including phenoxy) is 2. The molecule has 3 heteroatoms. The van der Waals surface area contributed by atoms with Gasteiger partial charge in [0.05, 0.1) is 14.2 Å². The lowest BCUT2D eigenvalue weighted by atomic mass is 9.81. The van der Waals surface area contributed by atoms with E-state index >= 15 is 0 Å². The van der Waals surface area contributed by atoms with Crippen molar-refractivity contribution in [3.8, 4) is 11.5 Å².